The number of carbonyl (C=O) groups is 2. The summed E-state index contributed by atoms with van der Waals surface area (Å²) in [5.41, 5.74) is 1.37. The number of fused-ring (bicyclic) bond motifs is 1. The van der Waals surface area contributed by atoms with Crippen molar-refractivity contribution in [2.24, 2.45) is 0 Å². The van der Waals surface area contributed by atoms with Crippen molar-refractivity contribution in [3.05, 3.63) is 45.3 Å². The Morgan fingerprint density at radius 1 is 1.24 bits per heavy atom. The third-order valence-corrected chi connectivity index (χ3v) is 7.79. The van der Waals surface area contributed by atoms with E-state index in [0.717, 1.165) is 9.18 Å². The fraction of sp³-hybridized carbons (Fsp3) is 0.250. The maximum Gasteiger partial charge on any atom is 0.255 e. The first-order valence-corrected chi connectivity index (χ1v) is 10.0. The lowest BCUT2D eigenvalue weighted by Crippen LogP contribution is -2.51. The zero-order chi connectivity index (χ0) is 18.5. The molecule has 1 atom stereocenters. The van der Waals surface area contributed by atoms with Gasteiger partial charge in [-0.25, -0.2) is 8.42 Å². The third-order valence-electron chi connectivity index (χ3n) is 4.17. The predicted octanol–water partition coefficient (Wildman–Crippen LogP) is 2.99. The number of carbonyl (C=O) groups excluding carboxylic acids is 2. The smallest absolute Gasteiger partial charge is 0.255 e. The van der Waals surface area contributed by atoms with Crippen LogP contribution in [-0.2, 0) is 14.8 Å². The van der Waals surface area contributed by atoms with Gasteiger partial charge in [-0.3, -0.25) is 13.9 Å². The van der Waals surface area contributed by atoms with Crippen LogP contribution in [0.3, 0.4) is 0 Å². The number of hydrogen-bond donors (Lipinski definition) is 1. The number of amides is 1. The van der Waals surface area contributed by atoms with Gasteiger partial charge in [-0.2, -0.15) is 0 Å². The fourth-order valence-electron chi connectivity index (χ4n) is 2.66. The number of Topliss-reactive ketones (excluding diaryl/α,β-unsaturated/α-hetero) is 1. The zero-order valence-corrected chi connectivity index (χ0v) is 16.1. The molecule has 1 aromatic carbocycles. The van der Waals surface area contributed by atoms with E-state index in [0.29, 0.717) is 26.8 Å². The number of ketones is 1. The van der Waals surface area contributed by atoms with E-state index >= 15 is 0 Å². The summed E-state index contributed by atoms with van der Waals surface area (Å²) in [6, 6.07) is 6.19. The number of rotatable bonds is 2. The third kappa shape index (κ3) is 2.84. The van der Waals surface area contributed by atoms with Gasteiger partial charge in [0.1, 0.15) is 5.00 Å². The molecule has 132 valence electrons. The number of hydrogen-bond acceptors (Lipinski definition) is 5. The molecule has 1 aliphatic rings. The lowest BCUT2D eigenvalue weighted by Gasteiger charge is -2.29. The minimum atomic E-state index is -4.14. The number of benzene rings is 1. The summed E-state index contributed by atoms with van der Waals surface area (Å²) in [7, 11) is -2.78. The molecule has 3 rings (SSSR count). The molecule has 1 aliphatic heterocycles. The van der Waals surface area contributed by atoms with E-state index in [2.05, 4.69) is 5.32 Å². The maximum absolute atomic E-state index is 12.8. The molecule has 0 bridgehead atoms. The van der Waals surface area contributed by atoms with Gasteiger partial charge in [0.2, 0.25) is 5.25 Å². The van der Waals surface area contributed by atoms with Crippen molar-refractivity contribution in [1.29, 1.82) is 0 Å². The molecule has 1 aromatic heterocycles. The first-order valence-electron chi connectivity index (χ1n) is 7.33. The van der Waals surface area contributed by atoms with E-state index in [1.165, 1.54) is 30.5 Å². The summed E-state index contributed by atoms with van der Waals surface area (Å²) < 4.78 is 26.5. The largest absolute Gasteiger partial charge is 0.324 e. The van der Waals surface area contributed by atoms with Gasteiger partial charge in [0, 0.05) is 22.6 Å². The lowest BCUT2D eigenvalue weighted by molar-refractivity contribution is -0.115. The van der Waals surface area contributed by atoms with Crippen LogP contribution in [0.1, 0.15) is 20.8 Å². The van der Waals surface area contributed by atoms with Gasteiger partial charge in [-0.15, -0.1) is 11.3 Å². The van der Waals surface area contributed by atoms with Crippen molar-refractivity contribution in [1.82, 2.24) is 0 Å². The number of sulfonamides is 1. The number of nitrogens with one attached hydrogen (secondary N) is 1. The second-order valence-corrected chi connectivity index (χ2v) is 9.40. The van der Waals surface area contributed by atoms with Crippen LogP contribution in [0.5, 0.6) is 0 Å². The molecule has 6 nitrogen and oxygen atoms in total. The molecule has 1 N–H and O–H groups in total. The molecule has 2 aromatic rings. The number of halogens is 1. The Hall–Kier alpha value is -1.90. The SMILES string of the molecule is Cc1sc2c(c1C)C(=O)C(C(=O)Nc1ccc(Cl)cc1)S(=O)(=O)N2C. The highest BCUT2D eigenvalue weighted by atomic mass is 35.5. The van der Waals surface area contributed by atoms with Gasteiger partial charge in [-0.1, -0.05) is 11.6 Å². The van der Waals surface area contributed by atoms with E-state index in [1.807, 2.05) is 6.92 Å². The van der Waals surface area contributed by atoms with Crippen molar-refractivity contribution in [2.75, 3.05) is 16.7 Å². The van der Waals surface area contributed by atoms with Crippen LogP contribution in [0.2, 0.25) is 5.02 Å². The normalized spacial score (nSPS) is 18.8. The van der Waals surface area contributed by atoms with Crippen molar-refractivity contribution >= 4 is 55.3 Å². The Morgan fingerprint density at radius 2 is 1.84 bits per heavy atom. The van der Waals surface area contributed by atoms with Gasteiger partial charge in [0.05, 0.1) is 5.56 Å². The van der Waals surface area contributed by atoms with E-state index in [9.17, 15) is 18.0 Å². The Kier molecular flexibility index (Phi) is 4.38. The van der Waals surface area contributed by atoms with E-state index < -0.39 is 27.0 Å². The van der Waals surface area contributed by atoms with Crippen molar-refractivity contribution in [3.63, 3.8) is 0 Å². The minimum absolute atomic E-state index is 0.302. The van der Waals surface area contributed by atoms with Crippen LogP contribution in [0.25, 0.3) is 0 Å². The van der Waals surface area contributed by atoms with Crippen LogP contribution >= 0.6 is 22.9 Å². The highest BCUT2D eigenvalue weighted by Crippen LogP contribution is 2.41. The maximum atomic E-state index is 12.8. The molecular weight excluding hydrogens is 384 g/mol. The standard InChI is InChI=1S/C16H15ClN2O4S2/c1-8-9(2)24-16-12(8)13(20)14(25(22,23)19(16)3)15(21)18-11-6-4-10(17)5-7-11/h4-7,14H,1-3H3,(H,18,21). The summed E-state index contributed by atoms with van der Waals surface area (Å²) in [4.78, 5) is 26.2. The highest BCUT2D eigenvalue weighted by molar-refractivity contribution is 7.95. The average molecular weight is 399 g/mol. The van der Waals surface area contributed by atoms with Crippen LogP contribution in [-0.4, -0.2) is 32.4 Å². The molecule has 1 unspecified atom stereocenters. The molecule has 1 amide bonds. The topological polar surface area (TPSA) is 83.5 Å². The molecule has 2 heterocycles. The van der Waals surface area contributed by atoms with Crippen molar-refractivity contribution < 1.29 is 18.0 Å². The van der Waals surface area contributed by atoms with Gasteiger partial charge >= 0.3 is 0 Å². The van der Waals surface area contributed by atoms with Gasteiger partial charge < -0.3 is 5.32 Å². The monoisotopic (exact) mass is 398 g/mol. The molecule has 0 spiro atoms. The van der Waals surface area contributed by atoms with Crippen LogP contribution in [0.4, 0.5) is 10.7 Å². The fourth-order valence-corrected chi connectivity index (χ4v) is 5.59. The zero-order valence-electron chi connectivity index (χ0n) is 13.7. The first kappa shape index (κ1) is 17.9. The number of thiophene rings is 1. The number of aryl methyl sites for hydroxylation is 1. The summed E-state index contributed by atoms with van der Waals surface area (Å²) in [5, 5.41) is 1.51. The molecule has 0 radical (unpaired) electrons. The van der Waals surface area contributed by atoms with Crippen molar-refractivity contribution in [2.45, 2.75) is 19.1 Å². The second kappa shape index (κ2) is 6.12. The molecule has 0 saturated carbocycles. The predicted molar refractivity (Wildman–Crippen MR) is 99.3 cm³/mol. The summed E-state index contributed by atoms with van der Waals surface area (Å²) in [5.74, 6) is -1.57. The Balaban J connectivity index is 2.03. The van der Waals surface area contributed by atoms with E-state index in [4.69, 9.17) is 11.6 Å². The second-order valence-electron chi connectivity index (χ2n) is 5.72. The average Bonchev–Trinajstić information content (AvgIpc) is 2.83. The molecule has 0 saturated heterocycles. The van der Waals surface area contributed by atoms with Gasteiger partial charge in [0.15, 0.2) is 5.78 Å². The summed E-state index contributed by atoms with van der Waals surface area (Å²) >= 11 is 7.02. The molecule has 0 aliphatic carbocycles. The Bertz CT molecular complexity index is 980. The van der Waals surface area contributed by atoms with Crippen molar-refractivity contribution in [3.8, 4) is 0 Å². The molecule has 9 heteroatoms. The molecule has 25 heavy (non-hydrogen) atoms. The first-order chi connectivity index (χ1) is 11.6. The number of anilines is 2. The number of nitrogens with zero attached hydrogens (tertiary/aromatic N) is 1. The molecular formula is C16H15ClN2O4S2. The minimum Gasteiger partial charge on any atom is -0.324 e. The summed E-state index contributed by atoms with van der Waals surface area (Å²) in [6.07, 6.45) is 0. The Labute approximate surface area is 154 Å². The van der Waals surface area contributed by atoms with Crippen LogP contribution in [0.15, 0.2) is 24.3 Å². The van der Waals surface area contributed by atoms with Gasteiger partial charge in [-0.05, 0) is 43.7 Å². The van der Waals surface area contributed by atoms with E-state index in [1.54, 1.807) is 19.1 Å². The highest BCUT2D eigenvalue weighted by Gasteiger charge is 2.49. The Morgan fingerprint density at radius 3 is 2.44 bits per heavy atom. The lowest BCUT2D eigenvalue weighted by atomic mass is 10.0. The quantitative estimate of drug-likeness (QED) is 0.788. The van der Waals surface area contributed by atoms with Crippen LogP contribution in [0, 0.1) is 13.8 Å². The van der Waals surface area contributed by atoms with Crippen LogP contribution < -0.4 is 9.62 Å². The van der Waals surface area contributed by atoms with Gasteiger partial charge in [0.25, 0.3) is 15.9 Å². The summed E-state index contributed by atoms with van der Waals surface area (Å²) in [6.45, 7) is 3.57. The molecule has 0 fully saturated rings. The van der Waals surface area contributed by atoms with E-state index in [-0.39, 0.29) is 0 Å².